The molecule has 108 valence electrons. The average Bonchev–Trinajstić information content (AvgIpc) is 2.44. The lowest BCUT2D eigenvalue weighted by Gasteiger charge is -2.38. The van der Waals surface area contributed by atoms with Crippen molar-refractivity contribution in [1.82, 2.24) is 9.88 Å². The van der Waals surface area contributed by atoms with Gasteiger partial charge in [-0.05, 0) is 51.0 Å². The SMILES string of the molecule is Cc1cc(C)c(C)c(C2(C)N=c3ncccc3=CN2C)c1. The van der Waals surface area contributed by atoms with Gasteiger partial charge in [-0.2, -0.15) is 0 Å². The number of rotatable bonds is 1. The van der Waals surface area contributed by atoms with E-state index >= 15 is 0 Å². The molecule has 1 unspecified atom stereocenters. The Hall–Kier alpha value is -2.16. The first-order valence-corrected chi connectivity index (χ1v) is 7.26. The predicted molar refractivity (Wildman–Crippen MR) is 85.3 cm³/mol. The molecule has 3 rings (SSSR count). The van der Waals surface area contributed by atoms with Gasteiger partial charge in [-0.1, -0.05) is 17.7 Å². The summed E-state index contributed by atoms with van der Waals surface area (Å²) in [4.78, 5) is 11.6. The van der Waals surface area contributed by atoms with Gasteiger partial charge in [0.05, 0.1) is 0 Å². The number of hydrogen-bond donors (Lipinski definition) is 0. The fourth-order valence-electron chi connectivity index (χ4n) is 3.00. The number of fused-ring (bicyclic) bond motifs is 1. The van der Waals surface area contributed by atoms with Crippen molar-refractivity contribution in [1.29, 1.82) is 0 Å². The molecule has 1 aliphatic rings. The summed E-state index contributed by atoms with van der Waals surface area (Å²) in [7, 11) is 2.08. The molecule has 0 saturated carbocycles. The summed E-state index contributed by atoms with van der Waals surface area (Å²) in [5, 5.41) is 1.07. The maximum Gasteiger partial charge on any atom is 0.158 e. The summed E-state index contributed by atoms with van der Waals surface area (Å²) in [6, 6.07) is 8.46. The third-order valence-corrected chi connectivity index (χ3v) is 4.48. The van der Waals surface area contributed by atoms with Crippen LogP contribution in [0.15, 0.2) is 35.5 Å². The Kier molecular flexibility index (Phi) is 3.08. The topological polar surface area (TPSA) is 28.5 Å². The Morgan fingerprint density at radius 1 is 1.14 bits per heavy atom. The molecule has 0 bridgehead atoms. The van der Waals surface area contributed by atoms with E-state index in [0.717, 1.165) is 10.7 Å². The summed E-state index contributed by atoms with van der Waals surface area (Å²) in [6.07, 6.45) is 3.93. The minimum atomic E-state index is -0.414. The Labute approximate surface area is 125 Å². The Morgan fingerprint density at radius 3 is 2.67 bits per heavy atom. The van der Waals surface area contributed by atoms with E-state index in [0.29, 0.717) is 0 Å². The van der Waals surface area contributed by atoms with Crippen LogP contribution in [0.1, 0.15) is 29.2 Å². The van der Waals surface area contributed by atoms with Crippen LogP contribution in [0, 0.1) is 20.8 Å². The molecule has 1 aromatic carbocycles. The van der Waals surface area contributed by atoms with Crippen LogP contribution >= 0.6 is 0 Å². The molecular weight excluding hydrogens is 258 g/mol. The molecule has 3 nitrogen and oxygen atoms in total. The molecule has 0 aliphatic carbocycles. The van der Waals surface area contributed by atoms with Gasteiger partial charge in [-0.25, -0.2) is 9.98 Å². The van der Waals surface area contributed by atoms with E-state index in [-0.39, 0.29) is 0 Å². The summed E-state index contributed by atoms with van der Waals surface area (Å²) in [6.45, 7) is 8.63. The van der Waals surface area contributed by atoms with Gasteiger partial charge in [-0.3, -0.25) is 0 Å². The molecule has 0 N–H and O–H groups in total. The zero-order valence-corrected chi connectivity index (χ0v) is 13.3. The fourth-order valence-corrected chi connectivity index (χ4v) is 3.00. The van der Waals surface area contributed by atoms with Crippen molar-refractivity contribution in [2.45, 2.75) is 33.4 Å². The van der Waals surface area contributed by atoms with Crippen molar-refractivity contribution < 1.29 is 0 Å². The predicted octanol–water partition coefficient (Wildman–Crippen LogP) is 2.18. The van der Waals surface area contributed by atoms with Gasteiger partial charge in [0.1, 0.15) is 0 Å². The maximum absolute atomic E-state index is 4.96. The maximum atomic E-state index is 4.96. The van der Waals surface area contributed by atoms with Gasteiger partial charge in [0, 0.05) is 30.2 Å². The van der Waals surface area contributed by atoms with E-state index in [9.17, 15) is 0 Å². The molecule has 0 amide bonds. The Bertz CT molecular complexity index is 823. The van der Waals surface area contributed by atoms with Crippen molar-refractivity contribution in [2.75, 3.05) is 7.05 Å². The third-order valence-electron chi connectivity index (χ3n) is 4.48. The highest BCUT2D eigenvalue weighted by Crippen LogP contribution is 2.33. The molecule has 0 saturated heterocycles. The molecule has 1 aromatic heterocycles. The highest BCUT2D eigenvalue weighted by molar-refractivity contribution is 5.43. The smallest absolute Gasteiger partial charge is 0.158 e. The van der Waals surface area contributed by atoms with Gasteiger partial charge >= 0.3 is 0 Å². The number of aromatic nitrogens is 1. The van der Waals surface area contributed by atoms with Crippen LogP contribution in [-0.2, 0) is 5.66 Å². The summed E-state index contributed by atoms with van der Waals surface area (Å²) in [5.41, 5.74) is 5.52. The van der Waals surface area contributed by atoms with E-state index < -0.39 is 5.66 Å². The van der Waals surface area contributed by atoms with Gasteiger partial charge in [0.2, 0.25) is 0 Å². The molecular formula is C18H21N3. The van der Waals surface area contributed by atoms with Crippen LogP contribution in [0.4, 0.5) is 0 Å². The lowest BCUT2D eigenvalue weighted by Crippen LogP contribution is -2.47. The van der Waals surface area contributed by atoms with Crippen molar-refractivity contribution >= 4 is 6.20 Å². The number of benzene rings is 1. The van der Waals surface area contributed by atoms with Crippen molar-refractivity contribution in [3.05, 3.63) is 63.4 Å². The van der Waals surface area contributed by atoms with Crippen LogP contribution in [0.25, 0.3) is 6.20 Å². The molecule has 2 heterocycles. The van der Waals surface area contributed by atoms with E-state index in [2.05, 4.69) is 69.0 Å². The molecule has 0 fully saturated rings. The summed E-state index contributed by atoms with van der Waals surface area (Å²) in [5.74, 6) is 0. The second-order valence-corrected chi connectivity index (χ2v) is 6.04. The minimum absolute atomic E-state index is 0.414. The zero-order chi connectivity index (χ0) is 15.2. The monoisotopic (exact) mass is 279 g/mol. The van der Waals surface area contributed by atoms with Gasteiger partial charge in [-0.15, -0.1) is 0 Å². The Balaban J connectivity index is 2.30. The molecule has 1 aliphatic heterocycles. The normalized spacial score (nSPS) is 20.5. The highest BCUT2D eigenvalue weighted by Gasteiger charge is 2.33. The summed E-state index contributed by atoms with van der Waals surface area (Å²) >= 11 is 0. The number of aryl methyl sites for hydroxylation is 2. The number of hydrogen-bond acceptors (Lipinski definition) is 3. The van der Waals surface area contributed by atoms with E-state index in [1.807, 2.05) is 6.07 Å². The van der Waals surface area contributed by atoms with E-state index in [4.69, 9.17) is 4.99 Å². The number of nitrogens with zero attached hydrogens (tertiary/aromatic N) is 3. The second-order valence-electron chi connectivity index (χ2n) is 6.04. The zero-order valence-electron chi connectivity index (χ0n) is 13.3. The molecule has 0 radical (unpaired) electrons. The van der Waals surface area contributed by atoms with Gasteiger partial charge in [0.15, 0.2) is 11.2 Å². The largest absolute Gasteiger partial charge is 0.352 e. The van der Waals surface area contributed by atoms with Crippen LogP contribution in [0.5, 0.6) is 0 Å². The highest BCUT2D eigenvalue weighted by atomic mass is 15.3. The Morgan fingerprint density at radius 2 is 1.90 bits per heavy atom. The van der Waals surface area contributed by atoms with Crippen molar-refractivity contribution in [3.8, 4) is 0 Å². The van der Waals surface area contributed by atoms with Crippen LogP contribution in [0.3, 0.4) is 0 Å². The first-order valence-electron chi connectivity index (χ1n) is 7.26. The molecule has 3 heteroatoms. The van der Waals surface area contributed by atoms with Gasteiger partial charge < -0.3 is 4.90 Å². The van der Waals surface area contributed by atoms with Crippen molar-refractivity contribution in [2.24, 2.45) is 4.99 Å². The second kappa shape index (κ2) is 4.69. The molecule has 0 spiro atoms. The average molecular weight is 279 g/mol. The van der Waals surface area contributed by atoms with E-state index in [1.165, 1.54) is 22.3 Å². The van der Waals surface area contributed by atoms with Crippen LogP contribution in [-0.4, -0.2) is 16.9 Å². The lowest BCUT2D eigenvalue weighted by molar-refractivity contribution is 0.223. The molecule has 21 heavy (non-hydrogen) atoms. The standard InChI is InChI=1S/C18H21N3/c1-12-9-13(2)14(3)16(10-12)18(4)20-17-15(11-21(18)5)7-6-8-19-17/h6-11H,1-5H3. The quantitative estimate of drug-likeness (QED) is 0.800. The van der Waals surface area contributed by atoms with Crippen LogP contribution in [0.2, 0.25) is 0 Å². The third kappa shape index (κ3) is 2.13. The van der Waals surface area contributed by atoms with Crippen LogP contribution < -0.4 is 10.7 Å². The van der Waals surface area contributed by atoms with Gasteiger partial charge in [0.25, 0.3) is 0 Å². The molecule has 2 aromatic rings. The molecule has 1 atom stereocenters. The van der Waals surface area contributed by atoms with E-state index in [1.54, 1.807) is 6.20 Å². The van der Waals surface area contributed by atoms with Crippen molar-refractivity contribution in [3.63, 3.8) is 0 Å². The minimum Gasteiger partial charge on any atom is -0.352 e. The fraction of sp³-hybridized carbons (Fsp3) is 0.333. The first kappa shape index (κ1) is 13.8. The summed E-state index contributed by atoms with van der Waals surface area (Å²) < 4.78 is 0. The lowest BCUT2D eigenvalue weighted by atomic mass is 9.90. The first-order chi connectivity index (χ1) is 9.91. The number of pyridine rings is 1.